The van der Waals surface area contributed by atoms with Crippen LogP contribution >= 0.6 is 0 Å². The van der Waals surface area contributed by atoms with Gasteiger partial charge in [0.05, 0.1) is 0 Å². The summed E-state index contributed by atoms with van der Waals surface area (Å²) in [6.07, 6.45) is 1.48. The van der Waals surface area contributed by atoms with Crippen LogP contribution < -0.4 is 10.6 Å². The predicted molar refractivity (Wildman–Crippen MR) is 125 cm³/mol. The highest BCUT2D eigenvalue weighted by molar-refractivity contribution is 5.95. The Hall–Kier alpha value is -3.67. The molecule has 164 valence electrons. The third-order valence-electron chi connectivity index (χ3n) is 5.86. The van der Waals surface area contributed by atoms with Gasteiger partial charge in [0.25, 0.3) is 5.91 Å². The Balaban J connectivity index is 1.19. The van der Waals surface area contributed by atoms with E-state index in [1.165, 1.54) is 0 Å². The highest BCUT2D eigenvalue weighted by atomic mass is 16.2. The highest BCUT2D eigenvalue weighted by Gasteiger charge is 2.27. The van der Waals surface area contributed by atoms with Crippen molar-refractivity contribution in [3.63, 3.8) is 0 Å². The first-order valence-corrected chi connectivity index (χ1v) is 11.0. The number of carbonyl (C=O) groups excluding carboxylic acids is 3. The van der Waals surface area contributed by atoms with Gasteiger partial charge in [-0.3, -0.25) is 14.4 Å². The molecule has 3 aromatic carbocycles. The average molecular weight is 430 g/mol. The number of hydrogen-bond acceptors (Lipinski definition) is 3. The molecule has 1 aliphatic heterocycles. The van der Waals surface area contributed by atoms with Crippen molar-refractivity contribution in [1.82, 2.24) is 10.2 Å². The molecular formula is C26H27N3O3. The average Bonchev–Trinajstić information content (AvgIpc) is 2.84. The molecule has 1 heterocycles. The zero-order valence-electron chi connectivity index (χ0n) is 17.9. The summed E-state index contributed by atoms with van der Waals surface area (Å²) >= 11 is 0. The Bertz CT molecular complexity index is 1110. The third-order valence-corrected chi connectivity index (χ3v) is 5.86. The first-order chi connectivity index (χ1) is 15.6. The van der Waals surface area contributed by atoms with Crippen molar-refractivity contribution >= 4 is 34.2 Å². The third kappa shape index (κ3) is 5.32. The zero-order valence-corrected chi connectivity index (χ0v) is 17.9. The number of nitrogens with one attached hydrogen (secondary N) is 2. The summed E-state index contributed by atoms with van der Waals surface area (Å²) in [6.45, 7) is 1.42. The first-order valence-electron chi connectivity index (χ1n) is 11.0. The molecule has 4 rings (SSSR count). The number of fused-ring (bicyclic) bond motifs is 1. The molecule has 2 N–H and O–H groups in total. The molecule has 0 bridgehead atoms. The monoisotopic (exact) mass is 429 g/mol. The van der Waals surface area contributed by atoms with E-state index in [9.17, 15) is 14.4 Å². The lowest BCUT2D eigenvalue weighted by Crippen LogP contribution is -2.43. The predicted octanol–water partition coefficient (Wildman–Crippen LogP) is 3.84. The van der Waals surface area contributed by atoms with Gasteiger partial charge < -0.3 is 15.5 Å². The topological polar surface area (TPSA) is 78.5 Å². The molecule has 6 heteroatoms. The minimum atomic E-state index is -0.135. The van der Waals surface area contributed by atoms with Crippen molar-refractivity contribution in [2.45, 2.75) is 19.3 Å². The fraction of sp³-hybridized carbons (Fsp3) is 0.269. The molecule has 1 fully saturated rings. The van der Waals surface area contributed by atoms with E-state index in [0.29, 0.717) is 38.0 Å². The second-order valence-corrected chi connectivity index (χ2v) is 8.08. The summed E-state index contributed by atoms with van der Waals surface area (Å²) in [5.74, 6) is -0.299. The van der Waals surface area contributed by atoms with Crippen molar-refractivity contribution in [2.24, 2.45) is 5.92 Å². The van der Waals surface area contributed by atoms with Crippen LogP contribution in [0.4, 0.5) is 5.69 Å². The van der Waals surface area contributed by atoms with Gasteiger partial charge in [-0.25, -0.2) is 0 Å². The van der Waals surface area contributed by atoms with Gasteiger partial charge >= 0.3 is 0 Å². The van der Waals surface area contributed by atoms with Crippen LogP contribution in [-0.2, 0) is 9.59 Å². The van der Waals surface area contributed by atoms with Gasteiger partial charge in [0.1, 0.15) is 0 Å². The minimum Gasteiger partial charge on any atom is -0.355 e. The lowest BCUT2D eigenvalue weighted by atomic mass is 9.95. The molecule has 32 heavy (non-hydrogen) atoms. The molecule has 0 radical (unpaired) electrons. The van der Waals surface area contributed by atoms with Gasteiger partial charge in [0.15, 0.2) is 0 Å². The number of rotatable bonds is 6. The lowest BCUT2D eigenvalue weighted by molar-refractivity contribution is -0.126. The summed E-state index contributed by atoms with van der Waals surface area (Å²) < 4.78 is 0. The molecule has 0 unspecified atom stereocenters. The highest BCUT2D eigenvalue weighted by Crippen LogP contribution is 2.20. The van der Waals surface area contributed by atoms with Crippen LogP contribution in [0, 0.1) is 5.92 Å². The SMILES string of the molecule is O=C(CCNC(=O)C1CCN(C(=O)c2ccccc2)CC1)Nc1ccc2ccccc2c1. The van der Waals surface area contributed by atoms with Crippen LogP contribution in [0.25, 0.3) is 10.8 Å². The van der Waals surface area contributed by atoms with Crippen LogP contribution in [0.2, 0.25) is 0 Å². The molecule has 3 amide bonds. The molecule has 1 aliphatic rings. The van der Waals surface area contributed by atoms with Crippen LogP contribution in [0.15, 0.2) is 72.8 Å². The number of amides is 3. The number of nitrogens with zero attached hydrogens (tertiary/aromatic N) is 1. The molecule has 0 aromatic heterocycles. The van der Waals surface area contributed by atoms with E-state index in [0.717, 1.165) is 16.5 Å². The van der Waals surface area contributed by atoms with Crippen molar-refractivity contribution in [3.05, 3.63) is 78.4 Å². The molecule has 0 atom stereocenters. The molecule has 0 aliphatic carbocycles. The quantitative estimate of drug-likeness (QED) is 0.625. The second kappa shape index (κ2) is 10.1. The fourth-order valence-electron chi connectivity index (χ4n) is 4.04. The summed E-state index contributed by atoms with van der Waals surface area (Å²) in [5, 5.41) is 7.94. The molecule has 0 saturated carbocycles. The normalized spacial score (nSPS) is 14.2. The number of carbonyl (C=O) groups is 3. The van der Waals surface area contributed by atoms with Gasteiger partial charge in [-0.15, -0.1) is 0 Å². The number of anilines is 1. The molecule has 1 saturated heterocycles. The van der Waals surface area contributed by atoms with Crippen molar-refractivity contribution in [3.8, 4) is 0 Å². The molecule has 0 spiro atoms. The zero-order chi connectivity index (χ0) is 22.3. The van der Waals surface area contributed by atoms with Gasteiger partial charge in [-0.2, -0.15) is 0 Å². The van der Waals surface area contributed by atoms with E-state index in [-0.39, 0.29) is 30.1 Å². The molecule has 3 aromatic rings. The Kier molecular flexibility index (Phi) is 6.80. The van der Waals surface area contributed by atoms with E-state index in [1.54, 1.807) is 4.90 Å². The van der Waals surface area contributed by atoms with Crippen LogP contribution in [0.3, 0.4) is 0 Å². The van der Waals surface area contributed by atoms with Crippen LogP contribution in [0.1, 0.15) is 29.6 Å². The standard InChI is InChI=1S/C26H27N3O3/c30-24(28-23-11-10-19-6-4-5-9-22(19)18-23)12-15-27-25(31)20-13-16-29(17-14-20)26(32)21-7-2-1-3-8-21/h1-11,18,20H,12-17H2,(H,27,31)(H,28,30). The van der Waals surface area contributed by atoms with Gasteiger partial charge in [-0.1, -0.05) is 48.5 Å². The Labute approximate surface area is 187 Å². The Morgan fingerprint density at radius 3 is 2.28 bits per heavy atom. The largest absolute Gasteiger partial charge is 0.355 e. The van der Waals surface area contributed by atoms with Gasteiger partial charge in [-0.05, 0) is 47.9 Å². The van der Waals surface area contributed by atoms with E-state index in [2.05, 4.69) is 10.6 Å². The number of piperidine rings is 1. The first kappa shape index (κ1) is 21.6. The fourth-order valence-corrected chi connectivity index (χ4v) is 4.04. The van der Waals surface area contributed by atoms with Gasteiger partial charge in [0, 0.05) is 43.2 Å². The van der Waals surface area contributed by atoms with E-state index < -0.39 is 0 Å². The second-order valence-electron chi connectivity index (χ2n) is 8.08. The van der Waals surface area contributed by atoms with Crippen molar-refractivity contribution in [1.29, 1.82) is 0 Å². The summed E-state index contributed by atoms with van der Waals surface area (Å²) in [6, 6.07) is 23.0. The maximum atomic E-state index is 12.5. The van der Waals surface area contributed by atoms with Crippen LogP contribution in [0.5, 0.6) is 0 Å². The van der Waals surface area contributed by atoms with E-state index >= 15 is 0 Å². The molecular weight excluding hydrogens is 402 g/mol. The molecule has 6 nitrogen and oxygen atoms in total. The van der Waals surface area contributed by atoms with Gasteiger partial charge in [0.2, 0.25) is 11.8 Å². The van der Waals surface area contributed by atoms with Crippen LogP contribution in [-0.4, -0.2) is 42.3 Å². The maximum absolute atomic E-state index is 12.5. The summed E-state index contributed by atoms with van der Waals surface area (Å²) in [5.41, 5.74) is 1.42. The smallest absolute Gasteiger partial charge is 0.253 e. The Morgan fingerprint density at radius 1 is 0.844 bits per heavy atom. The van der Waals surface area contributed by atoms with E-state index in [1.807, 2.05) is 72.8 Å². The Morgan fingerprint density at radius 2 is 1.53 bits per heavy atom. The van der Waals surface area contributed by atoms with Crippen molar-refractivity contribution < 1.29 is 14.4 Å². The lowest BCUT2D eigenvalue weighted by Gasteiger charge is -2.31. The number of benzene rings is 3. The summed E-state index contributed by atoms with van der Waals surface area (Å²) in [4.78, 5) is 39.1. The van der Waals surface area contributed by atoms with Crippen molar-refractivity contribution in [2.75, 3.05) is 25.0 Å². The summed E-state index contributed by atoms with van der Waals surface area (Å²) in [7, 11) is 0. The number of likely N-dealkylation sites (tertiary alicyclic amines) is 1. The minimum absolute atomic E-state index is 0.00909. The maximum Gasteiger partial charge on any atom is 0.253 e. The van der Waals surface area contributed by atoms with E-state index in [4.69, 9.17) is 0 Å². The number of hydrogen-bond donors (Lipinski definition) is 2.